The number of amides is 1. The van der Waals surface area contributed by atoms with E-state index in [4.69, 9.17) is 4.74 Å². The highest BCUT2D eigenvalue weighted by atomic mass is 16.5. The molecule has 134 valence electrons. The highest BCUT2D eigenvalue weighted by Gasteiger charge is 2.27. The number of benzene rings is 1. The van der Waals surface area contributed by atoms with Gasteiger partial charge in [0.2, 0.25) is 5.91 Å². The van der Waals surface area contributed by atoms with Crippen molar-refractivity contribution >= 4 is 5.91 Å². The summed E-state index contributed by atoms with van der Waals surface area (Å²) in [5, 5.41) is 8.29. The Kier molecular flexibility index (Phi) is 5.36. The Labute approximate surface area is 148 Å². The summed E-state index contributed by atoms with van der Waals surface area (Å²) in [5.41, 5.74) is 0.993. The van der Waals surface area contributed by atoms with Crippen molar-refractivity contribution in [3.8, 4) is 5.75 Å². The first kappa shape index (κ1) is 17.5. The molecule has 1 aliphatic heterocycles. The molecule has 1 atom stereocenters. The highest BCUT2D eigenvalue weighted by Crippen LogP contribution is 2.22. The second kappa shape index (κ2) is 7.68. The first-order valence-electron chi connectivity index (χ1n) is 8.86. The summed E-state index contributed by atoms with van der Waals surface area (Å²) < 4.78 is 7.34. The lowest BCUT2D eigenvalue weighted by molar-refractivity contribution is -0.129. The molecule has 2 aromatic rings. The van der Waals surface area contributed by atoms with E-state index in [0.29, 0.717) is 18.4 Å². The summed E-state index contributed by atoms with van der Waals surface area (Å²) in [7, 11) is 1.64. The average molecular weight is 342 g/mol. The van der Waals surface area contributed by atoms with Crippen LogP contribution in [0.5, 0.6) is 5.75 Å². The van der Waals surface area contributed by atoms with Crippen molar-refractivity contribution in [3.63, 3.8) is 0 Å². The maximum Gasteiger partial charge on any atom is 0.227 e. The van der Waals surface area contributed by atoms with E-state index >= 15 is 0 Å². The number of carbonyl (C=O) groups is 1. The Morgan fingerprint density at radius 1 is 1.40 bits per heavy atom. The minimum atomic E-state index is 0.182. The number of nitrogens with zero attached hydrogens (tertiary/aromatic N) is 4. The van der Waals surface area contributed by atoms with Crippen LogP contribution in [-0.2, 0) is 17.6 Å². The average Bonchev–Trinajstić information content (AvgIpc) is 3.25. The summed E-state index contributed by atoms with van der Waals surface area (Å²) in [5.74, 6) is 2.44. The van der Waals surface area contributed by atoms with Crippen molar-refractivity contribution in [2.45, 2.75) is 39.2 Å². The van der Waals surface area contributed by atoms with Gasteiger partial charge < -0.3 is 14.2 Å². The molecule has 0 radical (unpaired) electrons. The van der Waals surface area contributed by atoms with Crippen LogP contribution in [0.25, 0.3) is 0 Å². The minimum absolute atomic E-state index is 0.182. The van der Waals surface area contributed by atoms with Crippen molar-refractivity contribution in [1.29, 1.82) is 0 Å². The fourth-order valence-corrected chi connectivity index (χ4v) is 3.40. The van der Waals surface area contributed by atoms with Crippen LogP contribution in [-0.4, -0.2) is 45.8 Å². The van der Waals surface area contributed by atoms with Crippen molar-refractivity contribution in [1.82, 2.24) is 19.7 Å². The molecule has 1 aromatic heterocycles. The molecule has 0 aliphatic carbocycles. The van der Waals surface area contributed by atoms with Gasteiger partial charge in [0.15, 0.2) is 0 Å². The third-order valence-corrected chi connectivity index (χ3v) is 4.80. The summed E-state index contributed by atoms with van der Waals surface area (Å²) in [6, 6.07) is 8.07. The zero-order valence-electron chi connectivity index (χ0n) is 15.2. The topological polar surface area (TPSA) is 60.2 Å². The maximum absolute atomic E-state index is 12.6. The molecule has 0 N–H and O–H groups in total. The van der Waals surface area contributed by atoms with Crippen LogP contribution in [0.15, 0.2) is 30.6 Å². The Morgan fingerprint density at radius 3 is 3.00 bits per heavy atom. The third kappa shape index (κ3) is 4.18. The molecular weight excluding hydrogens is 316 g/mol. The van der Waals surface area contributed by atoms with E-state index in [1.165, 1.54) is 0 Å². The predicted molar refractivity (Wildman–Crippen MR) is 95.5 cm³/mol. The van der Waals surface area contributed by atoms with E-state index in [2.05, 4.69) is 28.6 Å². The number of likely N-dealkylation sites (tertiary alicyclic amines) is 1. The smallest absolute Gasteiger partial charge is 0.227 e. The summed E-state index contributed by atoms with van der Waals surface area (Å²) in [4.78, 5) is 14.6. The molecule has 2 heterocycles. The Hall–Kier alpha value is -2.37. The van der Waals surface area contributed by atoms with Gasteiger partial charge in [0.25, 0.3) is 0 Å². The van der Waals surface area contributed by atoms with Crippen LogP contribution in [0.3, 0.4) is 0 Å². The van der Waals surface area contributed by atoms with Gasteiger partial charge in [-0.25, -0.2) is 0 Å². The number of carbonyl (C=O) groups excluding carboxylic acids is 1. The van der Waals surface area contributed by atoms with E-state index in [-0.39, 0.29) is 5.91 Å². The third-order valence-electron chi connectivity index (χ3n) is 4.80. The summed E-state index contributed by atoms with van der Waals surface area (Å²) in [6.45, 7) is 5.88. The molecular formula is C19H26N4O2. The Morgan fingerprint density at radius 2 is 2.24 bits per heavy atom. The molecule has 1 unspecified atom stereocenters. The van der Waals surface area contributed by atoms with Gasteiger partial charge >= 0.3 is 0 Å². The molecule has 0 spiro atoms. The fraction of sp³-hybridized carbons (Fsp3) is 0.526. The lowest BCUT2D eigenvalue weighted by atomic mass is 10.0. The highest BCUT2D eigenvalue weighted by molar-refractivity contribution is 5.79. The number of hydrogen-bond donors (Lipinski definition) is 0. The van der Waals surface area contributed by atoms with Gasteiger partial charge in [0.05, 0.1) is 13.5 Å². The molecule has 6 heteroatoms. The first-order valence-corrected chi connectivity index (χ1v) is 8.86. The van der Waals surface area contributed by atoms with E-state index in [1.54, 1.807) is 13.4 Å². The molecule has 1 aromatic carbocycles. The summed E-state index contributed by atoms with van der Waals surface area (Å²) in [6.07, 6.45) is 4.11. The second-order valence-corrected chi connectivity index (χ2v) is 6.98. The largest absolute Gasteiger partial charge is 0.497 e. The van der Waals surface area contributed by atoms with Gasteiger partial charge in [-0.2, -0.15) is 0 Å². The standard InChI is InChI=1S/C19H26N4O2/c1-14(2)23-13-20-21-18(23)10-16-7-8-22(12-16)19(24)11-15-5-4-6-17(9-15)25-3/h4-6,9,13-14,16H,7-8,10-12H2,1-3H3. The molecule has 1 fully saturated rings. The lowest BCUT2D eigenvalue weighted by Gasteiger charge is -2.17. The Balaban J connectivity index is 1.56. The molecule has 25 heavy (non-hydrogen) atoms. The predicted octanol–water partition coefficient (Wildman–Crippen LogP) is 2.50. The molecule has 1 aliphatic rings. The number of rotatable bonds is 6. The SMILES string of the molecule is COc1cccc(CC(=O)N2CCC(Cc3nncn3C(C)C)C2)c1. The van der Waals surface area contributed by atoms with Gasteiger partial charge in [-0.05, 0) is 43.9 Å². The number of hydrogen-bond acceptors (Lipinski definition) is 4. The van der Waals surface area contributed by atoms with Gasteiger partial charge in [-0.3, -0.25) is 4.79 Å². The van der Waals surface area contributed by atoms with Crippen molar-refractivity contribution in [2.24, 2.45) is 5.92 Å². The molecule has 0 bridgehead atoms. The molecule has 1 amide bonds. The van der Waals surface area contributed by atoms with E-state index in [1.807, 2.05) is 29.2 Å². The number of methoxy groups -OCH3 is 1. The van der Waals surface area contributed by atoms with Crippen molar-refractivity contribution in [2.75, 3.05) is 20.2 Å². The lowest BCUT2D eigenvalue weighted by Crippen LogP contribution is -2.30. The Bertz CT molecular complexity index is 726. The van der Waals surface area contributed by atoms with E-state index in [0.717, 1.165) is 43.1 Å². The monoisotopic (exact) mass is 342 g/mol. The van der Waals surface area contributed by atoms with Crippen LogP contribution in [0.1, 0.15) is 37.7 Å². The minimum Gasteiger partial charge on any atom is -0.497 e. The zero-order valence-corrected chi connectivity index (χ0v) is 15.2. The van der Waals surface area contributed by atoms with Gasteiger partial charge in [-0.15, -0.1) is 10.2 Å². The van der Waals surface area contributed by atoms with Crippen LogP contribution < -0.4 is 4.74 Å². The molecule has 0 saturated carbocycles. The van der Waals surface area contributed by atoms with Crippen molar-refractivity contribution < 1.29 is 9.53 Å². The second-order valence-electron chi connectivity index (χ2n) is 6.98. The number of ether oxygens (including phenoxy) is 1. The van der Waals surface area contributed by atoms with Gasteiger partial charge in [0, 0.05) is 25.6 Å². The van der Waals surface area contributed by atoms with Gasteiger partial charge in [-0.1, -0.05) is 12.1 Å². The number of aromatic nitrogens is 3. The van der Waals surface area contributed by atoms with E-state index < -0.39 is 0 Å². The normalized spacial score (nSPS) is 17.3. The quantitative estimate of drug-likeness (QED) is 0.809. The zero-order chi connectivity index (χ0) is 17.8. The van der Waals surface area contributed by atoms with Crippen LogP contribution in [0, 0.1) is 5.92 Å². The molecule has 6 nitrogen and oxygen atoms in total. The van der Waals surface area contributed by atoms with E-state index in [9.17, 15) is 4.79 Å². The summed E-state index contributed by atoms with van der Waals surface area (Å²) >= 11 is 0. The fourth-order valence-electron chi connectivity index (χ4n) is 3.40. The maximum atomic E-state index is 12.6. The first-order chi connectivity index (χ1) is 12.1. The van der Waals surface area contributed by atoms with Crippen LogP contribution in [0.2, 0.25) is 0 Å². The molecule has 1 saturated heterocycles. The van der Waals surface area contributed by atoms with Crippen molar-refractivity contribution in [3.05, 3.63) is 42.0 Å². The van der Waals surface area contributed by atoms with Crippen LogP contribution >= 0.6 is 0 Å². The van der Waals surface area contributed by atoms with Gasteiger partial charge in [0.1, 0.15) is 17.9 Å². The molecule has 3 rings (SSSR count). The van der Waals surface area contributed by atoms with Crippen LogP contribution in [0.4, 0.5) is 0 Å².